The molecule has 1 aliphatic heterocycles. The molecule has 1 fully saturated rings. The van der Waals surface area contributed by atoms with E-state index in [-0.39, 0.29) is 5.03 Å². The molecule has 20 heavy (non-hydrogen) atoms. The number of hydrogen-bond acceptors (Lipinski definition) is 5. The fraction of sp³-hybridized carbons (Fsp3) is 0.583. The lowest BCUT2D eigenvalue weighted by molar-refractivity contribution is 0.287. The van der Waals surface area contributed by atoms with Gasteiger partial charge in [-0.2, -0.15) is 4.31 Å². The second-order valence-corrected chi connectivity index (χ2v) is 7.88. The first-order chi connectivity index (χ1) is 9.54. The van der Waals surface area contributed by atoms with Crippen LogP contribution in [-0.4, -0.2) is 42.2 Å². The summed E-state index contributed by atoms with van der Waals surface area (Å²) in [6.45, 7) is 3.34. The van der Waals surface area contributed by atoms with E-state index < -0.39 is 10.0 Å². The van der Waals surface area contributed by atoms with Crippen LogP contribution < -0.4 is 5.32 Å². The molecule has 0 unspecified atom stereocenters. The van der Waals surface area contributed by atoms with Crippen LogP contribution in [0.2, 0.25) is 0 Å². The molecule has 0 saturated carbocycles. The minimum Gasteiger partial charge on any atom is -0.371 e. The molecule has 0 bridgehead atoms. The van der Waals surface area contributed by atoms with Gasteiger partial charge in [0.25, 0.3) is 10.0 Å². The van der Waals surface area contributed by atoms with Crippen LogP contribution >= 0.6 is 11.3 Å². The van der Waals surface area contributed by atoms with E-state index in [1.165, 1.54) is 11.3 Å². The van der Waals surface area contributed by atoms with Crippen LogP contribution in [0.3, 0.4) is 0 Å². The van der Waals surface area contributed by atoms with Crippen molar-refractivity contribution in [1.29, 1.82) is 0 Å². The number of nitrogens with one attached hydrogen (secondary N) is 1. The van der Waals surface area contributed by atoms with E-state index in [0.29, 0.717) is 29.8 Å². The van der Waals surface area contributed by atoms with Crippen LogP contribution in [0.25, 0.3) is 4.96 Å². The average Bonchev–Trinajstić information content (AvgIpc) is 2.98. The number of aromatic nitrogens is 2. The molecule has 110 valence electrons. The number of fused-ring (bicyclic) bond motifs is 1. The lowest BCUT2D eigenvalue weighted by Gasteiger charge is -2.29. The molecular formula is C12H18N4O2S2. The molecular weight excluding hydrogens is 296 g/mol. The molecule has 0 radical (unpaired) electrons. The monoisotopic (exact) mass is 314 g/mol. The topological polar surface area (TPSA) is 66.7 Å². The van der Waals surface area contributed by atoms with E-state index in [9.17, 15) is 8.42 Å². The summed E-state index contributed by atoms with van der Waals surface area (Å²) < 4.78 is 29.0. The SMILES string of the molecule is CNc1nc2sccn2c1S(=O)(=O)N1CCC(C)CC1. The van der Waals surface area contributed by atoms with Crippen molar-refractivity contribution < 1.29 is 8.42 Å². The molecule has 1 saturated heterocycles. The van der Waals surface area contributed by atoms with Gasteiger partial charge in [-0.25, -0.2) is 13.4 Å². The molecule has 0 amide bonds. The van der Waals surface area contributed by atoms with Crippen molar-refractivity contribution in [2.45, 2.75) is 24.8 Å². The summed E-state index contributed by atoms with van der Waals surface area (Å²) in [6, 6.07) is 0. The third-order valence-electron chi connectivity index (χ3n) is 3.78. The molecule has 0 aromatic carbocycles. The van der Waals surface area contributed by atoms with Gasteiger partial charge in [0, 0.05) is 31.7 Å². The summed E-state index contributed by atoms with van der Waals surface area (Å²) in [5, 5.41) is 5.00. The molecule has 0 aliphatic carbocycles. The van der Waals surface area contributed by atoms with Crippen molar-refractivity contribution in [1.82, 2.24) is 13.7 Å². The second-order valence-electron chi connectivity index (χ2n) is 5.16. The molecule has 8 heteroatoms. The van der Waals surface area contributed by atoms with Crippen LogP contribution in [-0.2, 0) is 10.0 Å². The van der Waals surface area contributed by atoms with E-state index in [2.05, 4.69) is 17.2 Å². The highest BCUT2D eigenvalue weighted by Gasteiger charge is 2.33. The zero-order valence-electron chi connectivity index (χ0n) is 11.5. The Kier molecular flexibility index (Phi) is 3.47. The van der Waals surface area contributed by atoms with E-state index in [1.54, 1.807) is 22.0 Å². The van der Waals surface area contributed by atoms with Crippen molar-refractivity contribution in [3.05, 3.63) is 11.6 Å². The molecule has 6 nitrogen and oxygen atoms in total. The minimum absolute atomic E-state index is 0.255. The number of sulfonamides is 1. The number of thiazole rings is 1. The highest BCUT2D eigenvalue weighted by Crippen LogP contribution is 2.30. The summed E-state index contributed by atoms with van der Waals surface area (Å²) in [7, 11) is -1.81. The van der Waals surface area contributed by atoms with Crippen LogP contribution in [0, 0.1) is 5.92 Å². The Balaban J connectivity index is 2.06. The molecule has 1 aliphatic rings. The van der Waals surface area contributed by atoms with E-state index in [0.717, 1.165) is 12.8 Å². The van der Waals surface area contributed by atoms with E-state index in [1.807, 2.05) is 5.38 Å². The van der Waals surface area contributed by atoms with Gasteiger partial charge < -0.3 is 5.32 Å². The van der Waals surface area contributed by atoms with Crippen molar-refractivity contribution in [3.63, 3.8) is 0 Å². The van der Waals surface area contributed by atoms with Gasteiger partial charge in [0.05, 0.1) is 0 Å². The molecule has 3 rings (SSSR count). The number of imidazole rings is 1. The first-order valence-electron chi connectivity index (χ1n) is 6.67. The fourth-order valence-electron chi connectivity index (χ4n) is 2.52. The Morgan fingerprint density at radius 3 is 2.75 bits per heavy atom. The van der Waals surface area contributed by atoms with Gasteiger partial charge in [-0.3, -0.25) is 4.40 Å². The summed E-state index contributed by atoms with van der Waals surface area (Å²) in [5.74, 6) is 1.02. The van der Waals surface area contributed by atoms with Crippen molar-refractivity contribution in [3.8, 4) is 0 Å². The zero-order chi connectivity index (χ0) is 14.3. The van der Waals surface area contributed by atoms with Gasteiger partial charge in [-0.1, -0.05) is 6.92 Å². The van der Waals surface area contributed by atoms with Crippen LogP contribution in [0.1, 0.15) is 19.8 Å². The molecule has 0 spiro atoms. The van der Waals surface area contributed by atoms with Crippen LogP contribution in [0.4, 0.5) is 5.82 Å². The maximum absolute atomic E-state index is 12.9. The molecule has 2 aromatic heterocycles. The number of rotatable bonds is 3. The number of anilines is 1. The Labute approximate surface area is 122 Å². The Morgan fingerprint density at radius 1 is 1.40 bits per heavy atom. The second kappa shape index (κ2) is 5.01. The molecule has 1 N–H and O–H groups in total. The highest BCUT2D eigenvalue weighted by molar-refractivity contribution is 7.89. The van der Waals surface area contributed by atoms with Gasteiger partial charge in [-0.15, -0.1) is 11.3 Å². The molecule has 2 aromatic rings. The lowest BCUT2D eigenvalue weighted by Crippen LogP contribution is -2.38. The average molecular weight is 314 g/mol. The normalized spacial score (nSPS) is 18.7. The van der Waals surface area contributed by atoms with E-state index in [4.69, 9.17) is 0 Å². The predicted molar refractivity (Wildman–Crippen MR) is 79.8 cm³/mol. The predicted octanol–water partition coefficient (Wildman–Crippen LogP) is 1.86. The Hall–Kier alpha value is -1.12. The summed E-state index contributed by atoms with van der Waals surface area (Å²) in [5.41, 5.74) is 0. The first kappa shape index (κ1) is 13.8. The standard InChI is InChI=1S/C12H18N4O2S2/c1-9-3-5-15(6-4-9)20(17,18)11-10(13-2)14-12-16(11)7-8-19-12/h7-9,13H,3-6H2,1-2H3. The maximum atomic E-state index is 12.9. The highest BCUT2D eigenvalue weighted by atomic mass is 32.2. The summed E-state index contributed by atoms with van der Waals surface area (Å²) in [6.07, 6.45) is 3.59. The third-order valence-corrected chi connectivity index (χ3v) is 6.46. The quantitative estimate of drug-likeness (QED) is 0.939. The Morgan fingerprint density at radius 2 is 2.10 bits per heavy atom. The fourth-order valence-corrected chi connectivity index (χ4v) is 5.02. The zero-order valence-corrected chi connectivity index (χ0v) is 13.2. The third kappa shape index (κ3) is 2.11. The van der Waals surface area contributed by atoms with Gasteiger partial charge >= 0.3 is 0 Å². The van der Waals surface area contributed by atoms with Gasteiger partial charge in [-0.05, 0) is 18.8 Å². The number of hydrogen-bond donors (Lipinski definition) is 1. The summed E-state index contributed by atoms with van der Waals surface area (Å²) >= 11 is 1.43. The van der Waals surface area contributed by atoms with Gasteiger partial charge in [0.2, 0.25) is 0 Å². The number of nitrogens with zero attached hydrogens (tertiary/aromatic N) is 3. The molecule has 0 atom stereocenters. The lowest BCUT2D eigenvalue weighted by atomic mass is 10.0. The van der Waals surface area contributed by atoms with Gasteiger partial charge in [0.15, 0.2) is 15.8 Å². The van der Waals surface area contributed by atoms with Crippen molar-refractivity contribution in [2.75, 3.05) is 25.5 Å². The summed E-state index contributed by atoms with van der Waals surface area (Å²) in [4.78, 5) is 5.02. The maximum Gasteiger partial charge on any atom is 0.262 e. The van der Waals surface area contributed by atoms with Crippen LogP contribution in [0.5, 0.6) is 0 Å². The number of piperidine rings is 1. The Bertz CT molecular complexity index is 711. The molecule has 3 heterocycles. The first-order valence-corrected chi connectivity index (χ1v) is 8.99. The van der Waals surface area contributed by atoms with Crippen LogP contribution in [0.15, 0.2) is 16.6 Å². The van der Waals surface area contributed by atoms with E-state index >= 15 is 0 Å². The minimum atomic E-state index is -3.50. The largest absolute Gasteiger partial charge is 0.371 e. The smallest absolute Gasteiger partial charge is 0.262 e. The van der Waals surface area contributed by atoms with Crippen molar-refractivity contribution in [2.24, 2.45) is 5.92 Å². The van der Waals surface area contributed by atoms with Crippen molar-refractivity contribution >= 4 is 32.1 Å². The van der Waals surface area contributed by atoms with Gasteiger partial charge in [0.1, 0.15) is 0 Å².